The maximum atomic E-state index is 12.7. The first-order chi connectivity index (χ1) is 23.1. The summed E-state index contributed by atoms with van der Waals surface area (Å²) in [4.78, 5) is 12.7. The van der Waals surface area contributed by atoms with Crippen LogP contribution in [0.5, 0.6) is 28.7 Å². The van der Waals surface area contributed by atoms with E-state index in [0.717, 1.165) is 36.0 Å². The quantitative estimate of drug-likeness (QED) is 0.169. The SMILES string of the molecule is CCCCc1cc(OC)c2c(c1)[C@@H](CO)C(c1ccc(CC3OC(COC(=O)c4ccc(O)c(OC)c4)C(O)C(O)C3O)c(OC)c1)O2. The van der Waals surface area contributed by atoms with E-state index < -0.39 is 49.2 Å². The molecule has 0 radical (unpaired) electrons. The molecule has 1 fully saturated rings. The summed E-state index contributed by atoms with van der Waals surface area (Å²) >= 11 is 0. The van der Waals surface area contributed by atoms with E-state index in [-0.39, 0.29) is 36.0 Å². The van der Waals surface area contributed by atoms with Gasteiger partial charge in [-0.1, -0.05) is 31.5 Å². The van der Waals surface area contributed by atoms with E-state index in [1.165, 1.54) is 32.4 Å². The average molecular weight is 669 g/mol. The van der Waals surface area contributed by atoms with Crippen molar-refractivity contribution in [3.8, 4) is 28.7 Å². The number of carbonyl (C=O) groups excluding carboxylic acids is 1. The first-order valence-electron chi connectivity index (χ1n) is 16.0. The van der Waals surface area contributed by atoms with Crippen molar-refractivity contribution < 1.29 is 58.7 Å². The van der Waals surface area contributed by atoms with Crippen LogP contribution in [0.1, 0.15) is 64.4 Å². The molecule has 2 aliphatic rings. The highest BCUT2D eigenvalue weighted by Crippen LogP contribution is 2.51. The van der Waals surface area contributed by atoms with Gasteiger partial charge in [-0.15, -0.1) is 0 Å². The fourth-order valence-corrected chi connectivity index (χ4v) is 6.33. The lowest BCUT2D eigenvalue weighted by Gasteiger charge is -2.40. The zero-order valence-corrected chi connectivity index (χ0v) is 27.5. The van der Waals surface area contributed by atoms with Crippen molar-refractivity contribution in [2.24, 2.45) is 0 Å². The molecule has 3 aromatic rings. The van der Waals surface area contributed by atoms with Crippen LogP contribution in [0.15, 0.2) is 48.5 Å². The Balaban J connectivity index is 1.31. The number of benzene rings is 3. The van der Waals surface area contributed by atoms with Crippen molar-refractivity contribution >= 4 is 5.97 Å². The summed E-state index contributed by atoms with van der Waals surface area (Å²) in [5.74, 6) is 0.546. The summed E-state index contributed by atoms with van der Waals surface area (Å²) in [5, 5.41) is 52.4. The highest BCUT2D eigenvalue weighted by molar-refractivity contribution is 5.90. The number of methoxy groups -OCH3 is 3. The number of fused-ring (bicyclic) bond motifs is 1. The van der Waals surface area contributed by atoms with Gasteiger partial charge in [0, 0.05) is 12.0 Å². The minimum atomic E-state index is -1.57. The predicted octanol–water partition coefficient (Wildman–Crippen LogP) is 3.22. The molecule has 0 saturated carbocycles. The topological polar surface area (TPSA) is 174 Å². The minimum Gasteiger partial charge on any atom is -0.504 e. The van der Waals surface area contributed by atoms with Gasteiger partial charge in [-0.05, 0) is 59.9 Å². The third-order valence-corrected chi connectivity index (χ3v) is 9.05. The number of carbonyl (C=O) groups is 1. The summed E-state index contributed by atoms with van der Waals surface area (Å²) in [6, 6.07) is 13.5. The standard InChI is InChI=1S/C36H44O12/c1-5-6-7-19-12-23-24(17-37)34(48-35(23)29(13-19)45-4)21-9-8-20(26(15-21)43-2)14-28-31(39)33(41)32(40)30(47-28)18-46-36(42)22-10-11-25(38)27(16-22)44-3/h8-13,15-16,24,28,30-34,37-41H,5-7,14,17-18H2,1-4H3/t24-,28?,30?,31?,32?,33?,34?/m1/s1. The van der Waals surface area contributed by atoms with Gasteiger partial charge in [0.15, 0.2) is 23.0 Å². The molecule has 0 aliphatic carbocycles. The van der Waals surface area contributed by atoms with Crippen LogP contribution >= 0.6 is 0 Å². The van der Waals surface area contributed by atoms with E-state index in [1.54, 1.807) is 13.2 Å². The molecule has 0 spiro atoms. The molecule has 5 rings (SSSR count). The van der Waals surface area contributed by atoms with Crippen LogP contribution in [0.25, 0.3) is 0 Å². The number of phenolic OH excluding ortho intramolecular Hbond substituents is 1. The van der Waals surface area contributed by atoms with Crippen molar-refractivity contribution in [1.29, 1.82) is 0 Å². The number of hydrogen-bond donors (Lipinski definition) is 5. The molecule has 0 amide bonds. The highest BCUT2D eigenvalue weighted by Gasteiger charge is 2.44. The number of aromatic hydroxyl groups is 1. The lowest BCUT2D eigenvalue weighted by molar-refractivity contribution is -0.228. The molecule has 0 bridgehead atoms. The molecule has 48 heavy (non-hydrogen) atoms. The number of aliphatic hydroxyl groups is 4. The molecule has 6 unspecified atom stereocenters. The zero-order chi connectivity index (χ0) is 34.5. The summed E-state index contributed by atoms with van der Waals surface area (Å²) in [7, 11) is 4.46. The van der Waals surface area contributed by atoms with Gasteiger partial charge in [0.1, 0.15) is 42.9 Å². The predicted molar refractivity (Wildman–Crippen MR) is 173 cm³/mol. The van der Waals surface area contributed by atoms with Crippen molar-refractivity contribution in [2.75, 3.05) is 34.5 Å². The largest absolute Gasteiger partial charge is 0.504 e. The Morgan fingerprint density at radius 1 is 0.854 bits per heavy atom. The van der Waals surface area contributed by atoms with Gasteiger partial charge in [0.2, 0.25) is 0 Å². The summed E-state index contributed by atoms with van der Waals surface area (Å²) in [5.41, 5.74) is 3.52. The van der Waals surface area contributed by atoms with Crippen molar-refractivity contribution in [3.05, 3.63) is 76.3 Å². The average Bonchev–Trinajstić information content (AvgIpc) is 3.48. The number of ether oxygens (including phenoxy) is 6. The smallest absolute Gasteiger partial charge is 0.338 e. The van der Waals surface area contributed by atoms with Gasteiger partial charge in [-0.2, -0.15) is 0 Å². The molecule has 260 valence electrons. The number of aliphatic hydroxyl groups excluding tert-OH is 4. The van der Waals surface area contributed by atoms with Gasteiger partial charge in [0.05, 0.1) is 45.5 Å². The van der Waals surface area contributed by atoms with Crippen molar-refractivity contribution in [3.63, 3.8) is 0 Å². The fraction of sp³-hybridized carbons (Fsp3) is 0.472. The van der Waals surface area contributed by atoms with Crippen LogP contribution in [0, 0.1) is 0 Å². The van der Waals surface area contributed by atoms with Crippen molar-refractivity contribution in [1.82, 2.24) is 0 Å². The molecule has 12 nitrogen and oxygen atoms in total. The maximum absolute atomic E-state index is 12.7. The molecule has 1 saturated heterocycles. The van der Waals surface area contributed by atoms with Crippen LogP contribution in [-0.2, 0) is 22.3 Å². The molecule has 7 atom stereocenters. The fourth-order valence-electron chi connectivity index (χ4n) is 6.33. The lowest BCUT2D eigenvalue weighted by atomic mass is 9.88. The molecule has 5 N–H and O–H groups in total. The van der Waals surface area contributed by atoms with E-state index in [0.29, 0.717) is 22.8 Å². The Kier molecular flexibility index (Phi) is 11.3. The molecule has 3 aromatic carbocycles. The summed E-state index contributed by atoms with van der Waals surface area (Å²) < 4.78 is 34.1. The number of hydrogen-bond acceptors (Lipinski definition) is 12. The second-order valence-electron chi connectivity index (χ2n) is 12.1. The minimum absolute atomic E-state index is 0.0872. The van der Waals surface area contributed by atoms with E-state index in [4.69, 9.17) is 28.4 Å². The van der Waals surface area contributed by atoms with Crippen molar-refractivity contribution in [2.45, 2.75) is 75.1 Å². The third kappa shape index (κ3) is 7.18. The Labute approximate surface area is 279 Å². The monoisotopic (exact) mass is 668 g/mol. The lowest BCUT2D eigenvalue weighted by Crippen LogP contribution is -2.59. The summed E-state index contributed by atoms with van der Waals surface area (Å²) in [6.07, 6.45) is -4.10. The highest BCUT2D eigenvalue weighted by atomic mass is 16.6. The molecule has 2 heterocycles. The van der Waals surface area contributed by atoms with Crippen LogP contribution in [-0.4, -0.2) is 96.6 Å². The molecule has 12 heteroatoms. The number of phenols is 1. The third-order valence-electron chi connectivity index (χ3n) is 9.05. The van der Waals surface area contributed by atoms with Crippen LogP contribution < -0.4 is 18.9 Å². The molecule has 0 aromatic heterocycles. The van der Waals surface area contributed by atoms with Crippen LogP contribution in [0.3, 0.4) is 0 Å². The summed E-state index contributed by atoms with van der Waals surface area (Å²) in [6.45, 7) is 1.58. The number of unbranched alkanes of at least 4 members (excludes halogenated alkanes) is 1. The Morgan fingerprint density at radius 2 is 1.58 bits per heavy atom. The number of aryl methyl sites for hydroxylation is 1. The second kappa shape index (κ2) is 15.4. The van der Waals surface area contributed by atoms with E-state index >= 15 is 0 Å². The van der Waals surface area contributed by atoms with Gasteiger partial charge < -0.3 is 54.0 Å². The zero-order valence-electron chi connectivity index (χ0n) is 27.5. The van der Waals surface area contributed by atoms with Crippen LogP contribution in [0.2, 0.25) is 0 Å². The number of rotatable bonds is 13. The Morgan fingerprint density at radius 3 is 2.27 bits per heavy atom. The second-order valence-corrected chi connectivity index (χ2v) is 12.1. The van der Waals surface area contributed by atoms with Crippen LogP contribution in [0.4, 0.5) is 0 Å². The van der Waals surface area contributed by atoms with Gasteiger partial charge in [-0.3, -0.25) is 0 Å². The first kappa shape index (κ1) is 35.2. The first-order valence-corrected chi connectivity index (χ1v) is 16.0. The molecular weight excluding hydrogens is 624 g/mol. The van der Waals surface area contributed by atoms with Gasteiger partial charge in [0.25, 0.3) is 0 Å². The maximum Gasteiger partial charge on any atom is 0.338 e. The van der Waals surface area contributed by atoms with Gasteiger partial charge >= 0.3 is 5.97 Å². The Bertz CT molecular complexity index is 1570. The van der Waals surface area contributed by atoms with Gasteiger partial charge in [-0.25, -0.2) is 4.79 Å². The normalized spacial score (nSPS) is 24.8. The van der Waals surface area contributed by atoms with E-state index in [2.05, 4.69) is 13.0 Å². The molecular formula is C36H44O12. The number of esters is 1. The van der Waals surface area contributed by atoms with E-state index in [1.807, 2.05) is 18.2 Å². The Hall–Kier alpha value is -4.07. The van der Waals surface area contributed by atoms with E-state index in [9.17, 15) is 30.3 Å². The molecule has 2 aliphatic heterocycles.